The third-order valence-corrected chi connectivity index (χ3v) is 13.9. The van der Waals surface area contributed by atoms with Crippen LogP contribution in [0, 0.1) is 0 Å². The lowest BCUT2D eigenvalue weighted by Crippen LogP contribution is -2.10. The van der Waals surface area contributed by atoms with E-state index in [0.717, 1.165) is 39.4 Å². The van der Waals surface area contributed by atoms with Gasteiger partial charge in [0, 0.05) is 33.5 Å². The molecule has 13 aromatic rings. The largest absolute Gasteiger partial charge is 0.310 e. The Bertz CT molecular complexity index is 4040. The van der Waals surface area contributed by atoms with E-state index >= 15 is 0 Å². The molecule has 0 aliphatic carbocycles. The van der Waals surface area contributed by atoms with E-state index in [1.807, 2.05) is 0 Å². The standard InChI is InChI=1S/C68H46N2/c1-5-20-47(21-6-1)50-26-17-31-56(42-50)69(58-33-19-28-52(44-58)54-39-41-66-63(45-54)61-35-15-16-37-65(61)70(66)55-29-11-4-12-30-55)57-32-18-27-51(43-57)53-38-40-60-59-34-13-14-36-62(59)67(48-22-7-2-8-23-48)68(64(60)46-53)49-24-9-3-10-25-49/h1-46H. The highest BCUT2D eigenvalue weighted by atomic mass is 15.1. The minimum Gasteiger partial charge on any atom is -0.310 e. The molecule has 2 nitrogen and oxygen atoms in total. The van der Waals surface area contributed by atoms with Crippen molar-refractivity contribution in [3.63, 3.8) is 0 Å². The molecule has 1 aromatic heterocycles. The van der Waals surface area contributed by atoms with Crippen LogP contribution < -0.4 is 4.90 Å². The van der Waals surface area contributed by atoms with Crippen molar-refractivity contribution in [1.29, 1.82) is 0 Å². The van der Waals surface area contributed by atoms with Gasteiger partial charge in [-0.2, -0.15) is 0 Å². The van der Waals surface area contributed by atoms with Gasteiger partial charge in [-0.25, -0.2) is 0 Å². The summed E-state index contributed by atoms with van der Waals surface area (Å²) >= 11 is 0. The molecule has 0 radical (unpaired) electrons. The lowest BCUT2D eigenvalue weighted by atomic mass is 9.84. The SMILES string of the molecule is c1ccc(-c2cccc(N(c3cccc(-c4ccc5c(c4)c(-c4ccccc4)c(-c4ccccc4)c4ccccc45)c3)c3cccc(-c4ccc5c(c4)c4ccccc4n5-c4ccccc4)c3)c2)cc1. The Morgan fingerprint density at radius 2 is 0.600 bits per heavy atom. The summed E-state index contributed by atoms with van der Waals surface area (Å²) in [6.07, 6.45) is 0. The summed E-state index contributed by atoms with van der Waals surface area (Å²) in [5.41, 5.74) is 18.7. The molecule has 0 aliphatic heterocycles. The van der Waals surface area contributed by atoms with Gasteiger partial charge in [-0.3, -0.25) is 0 Å². The first-order valence-electron chi connectivity index (χ1n) is 24.1. The lowest BCUT2D eigenvalue weighted by molar-refractivity contribution is 1.18. The van der Waals surface area contributed by atoms with Gasteiger partial charge in [0.1, 0.15) is 0 Å². The number of anilines is 3. The van der Waals surface area contributed by atoms with E-state index in [2.05, 4.69) is 289 Å². The van der Waals surface area contributed by atoms with E-state index in [1.165, 1.54) is 82.3 Å². The molecule has 0 atom stereocenters. The Morgan fingerprint density at radius 1 is 0.214 bits per heavy atom. The summed E-state index contributed by atoms with van der Waals surface area (Å²) in [6, 6.07) is 102. The van der Waals surface area contributed by atoms with Gasteiger partial charge >= 0.3 is 0 Å². The van der Waals surface area contributed by atoms with Gasteiger partial charge in [-0.05, 0) is 150 Å². The number of fused-ring (bicyclic) bond motifs is 6. The molecule has 0 saturated carbocycles. The van der Waals surface area contributed by atoms with Crippen LogP contribution in [-0.2, 0) is 0 Å². The molecule has 2 heteroatoms. The van der Waals surface area contributed by atoms with Crippen molar-refractivity contribution in [1.82, 2.24) is 4.57 Å². The van der Waals surface area contributed by atoms with E-state index in [4.69, 9.17) is 0 Å². The maximum atomic E-state index is 2.42. The van der Waals surface area contributed by atoms with Gasteiger partial charge in [0.25, 0.3) is 0 Å². The van der Waals surface area contributed by atoms with Crippen molar-refractivity contribution >= 4 is 60.4 Å². The highest BCUT2D eigenvalue weighted by molar-refractivity contribution is 6.22. The minimum atomic E-state index is 1.08. The van der Waals surface area contributed by atoms with E-state index in [1.54, 1.807) is 0 Å². The Morgan fingerprint density at radius 3 is 1.19 bits per heavy atom. The summed E-state index contributed by atoms with van der Waals surface area (Å²) < 4.78 is 2.38. The Hall–Kier alpha value is -9.24. The van der Waals surface area contributed by atoms with E-state index in [0.29, 0.717) is 0 Å². The number of nitrogens with zero attached hydrogens (tertiary/aromatic N) is 2. The molecule has 0 N–H and O–H groups in total. The first-order valence-corrected chi connectivity index (χ1v) is 24.1. The van der Waals surface area contributed by atoms with Crippen LogP contribution in [0.25, 0.3) is 105 Å². The second kappa shape index (κ2) is 17.4. The predicted octanol–water partition coefficient (Wildman–Crippen LogP) is 18.9. The molecule has 70 heavy (non-hydrogen) atoms. The molecular weight excluding hydrogens is 845 g/mol. The zero-order chi connectivity index (χ0) is 46.4. The van der Waals surface area contributed by atoms with Gasteiger partial charge in [-0.15, -0.1) is 0 Å². The van der Waals surface area contributed by atoms with Crippen LogP contribution in [0.4, 0.5) is 17.1 Å². The lowest BCUT2D eigenvalue weighted by Gasteiger charge is -2.27. The van der Waals surface area contributed by atoms with Crippen molar-refractivity contribution in [2.45, 2.75) is 0 Å². The van der Waals surface area contributed by atoms with Crippen LogP contribution in [0.1, 0.15) is 0 Å². The van der Waals surface area contributed by atoms with Crippen LogP contribution >= 0.6 is 0 Å². The number of aromatic nitrogens is 1. The van der Waals surface area contributed by atoms with Crippen LogP contribution in [-0.4, -0.2) is 4.57 Å². The molecule has 0 bridgehead atoms. The molecule has 1 heterocycles. The number of rotatable bonds is 9. The second-order valence-corrected chi connectivity index (χ2v) is 18.1. The maximum Gasteiger partial charge on any atom is 0.0541 e. The number of benzene rings is 12. The smallest absolute Gasteiger partial charge is 0.0541 e. The monoisotopic (exact) mass is 890 g/mol. The minimum absolute atomic E-state index is 1.08. The Balaban J connectivity index is 0.978. The van der Waals surface area contributed by atoms with Crippen LogP contribution in [0.5, 0.6) is 0 Å². The Kier molecular flexibility index (Phi) is 10.2. The number of para-hydroxylation sites is 2. The van der Waals surface area contributed by atoms with E-state index in [-0.39, 0.29) is 0 Å². The number of hydrogen-bond donors (Lipinski definition) is 0. The molecule has 0 fully saturated rings. The third-order valence-electron chi connectivity index (χ3n) is 13.9. The topological polar surface area (TPSA) is 8.17 Å². The van der Waals surface area contributed by atoms with Crippen LogP contribution in [0.2, 0.25) is 0 Å². The molecule has 0 spiro atoms. The average Bonchev–Trinajstić information content (AvgIpc) is 3.77. The molecule has 0 saturated heterocycles. The van der Waals surface area contributed by atoms with Gasteiger partial charge in [-0.1, -0.05) is 206 Å². The van der Waals surface area contributed by atoms with Gasteiger partial charge < -0.3 is 9.47 Å². The summed E-state index contributed by atoms with van der Waals surface area (Å²) in [5.74, 6) is 0. The van der Waals surface area contributed by atoms with Gasteiger partial charge in [0.2, 0.25) is 0 Å². The molecule has 0 aliphatic rings. The fourth-order valence-electron chi connectivity index (χ4n) is 10.7. The van der Waals surface area contributed by atoms with Crippen molar-refractivity contribution in [2.24, 2.45) is 0 Å². The van der Waals surface area contributed by atoms with Gasteiger partial charge in [0.15, 0.2) is 0 Å². The van der Waals surface area contributed by atoms with Crippen molar-refractivity contribution in [2.75, 3.05) is 4.90 Å². The molecule has 0 unspecified atom stereocenters. The summed E-state index contributed by atoms with van der Waals surface area (Å²) in [6.45, 7) is 0. The summed E-state index contributed by atoms with van der Waals surface area (Å²) in [7, 11) is 0. The normalized spacial score (nSPS) is 11.4. The van der Waals surface area contributed by atoms with E-state index in [9.17, 15) is 0 Å². The van der Waals surface area contributed by atoms with Crippen molar-refractivity contribution < 1.29 is 0 Å². The fraction of sp³-hybridized carbons (Fsp3) is 0. The van der Waals surface area contributed by atoms with E-state index < -0.39 is 0 Å². The summed E-state index contributed by atoms with van der Waals surface area (Å²) in [4.78, 5) is 2.41. The Labute approximate surface area is 408 Å². The van der Waals surface area contributed by atoms with Crippen molar-refractivity contribution in [3.05, 3.63) is 279 Å². The molecule has 12 aromatic carbocycles. The number of hydrogen-bond acceptors (Lipinski definition) is 1. The molecular formula is C68H46N2. The van der Waals surface area contributed by atoms with Gasteiger partial charge in [0.05, 0.1) is 11.0 Å². The quantitative estimate of drug-likeness (QED) is 0.131. The zero-order valence-electron chi connectivity index (χ0n) is 38.5. The second-order valence-electron chi connectivity index (χ2n) is 18.1. The first kappa shape index (κ1) is 41.0. The molecule has 0 amide bonds. The first-order chi connectivity index (χ1) is 34.7. The maximum absolute atomic E-state index is 2.42. The highest BCUT2D eigenvalue weighted by Gasteiger charge is 2.20. The predicted molar refractivity (Wildman–Crippen MR) is 298 cm³/mol. The fourth-order valence-corrected chi connectivity index (χ4v) is 10.7. The van der Waals surface area contributed by atoms with Crippen molar-refractivity contribution in [3.8, 4) is 61.3 Å². The average molecular weight is 891 g/mol. The molecule has 13 rings (SSSR count). The van der Waals surface area contributed by atoms with Crippen LogP contribution in [0.15, 0.2) is 279 Å². The zero-order valence-corrected chi connectivity index (χ0v) is 38.5. The highest BCUT2D eigenvalue weighted by Crippen LogP contribution is 2.47. The third kappa shape index (κ3) is 7.22. The molecule has 328 valence electrons. The summed E-state index contributed by atoms with van der Waals surface area (Å²) in [5, 5.41) is 7.46. The van der Waals surface area contributed by atoms with Crippen LogP contribution in [0.3, 0.4) is 0 Å².